The molecule has 66 valence electrons. The minimum Gasteiger partial charge on any atom is -0.326 e. The maximum atomic E-state index is 5.99. The minimum atomic E-state index is 0.440. The summed E-state index contributed by atoms with van der Waals surface area (Å²) in [6.45, 7) is 6.73. The summed E-state index contributed by atoms with van der Waals surface area (Å²) in [6.07, 6.45) is 3.85. The van der Waals surface area contributed by atoms with Gasteiger partial charge in [-0.1, -0.05) is 20.3 Å². The fraction of sp³-hybridized carbons (Fsp3) is 1.00. The number of nitrogens with two attached hydrogens (primary N) is 1. The van der Waals surface area contributed by atoms with Gasteiger partial charge in [-0.2, -0.15) is 0 Å². The third-order valence-corrected chi connectivity index (χ3v) is 2.81. The molecule has 0 aromatic rings. The molecule has 2 heteroatoms. The van der Waals surface area contributed by atoms with E-state index in [9.17, 15) is 0 Å². The number of nitrogens with zero attached hydrogens (tertiary/aromatic N) is 1. The smallest absolute Gasteiger partial charge is 0.0246 e. The van der Waals surface area contributed by atoms with Gasteiger partial charge in [-0.3, -0.25) is 4.90 Å². The van der Waals surface area contributed by atoms with Crippen molar-refractivity contribution in [3.05, 3.63) is 0 Å². The molecule has 2 atom stereocenters. The van der Waals surface area contributed by atoms with Gasteiger partial charge >= 0.3 is 0 Å². The van der Waals surface area contributed by atoms with E-state index in [1.165, 1.54) is 19.3 Å². The highest BCUT2D eigenvalue weighted by atomic mass is 15.2. The van der Waals surface area contributed by atoms with Crippen LogP contribution in [0.2, 0.25) is 0 Å². The highest BCUT2D eigenvalue weighted by Crippen LogP contribution is 2.22. The molecule has 1 fully saturated rings. The Balaban J connectivity index is 2.43. The maximum Gasteiger partial charge on any atom is 0.0246 e. The molecule has 0 bridgehead atoms. The zero-order chi connectivity index (χ0) is 8.27. The monoisotopic (exact) mass is 156 g/mol. The predicted molar refractivity (Wildman–Crippen MR) is 48.5 cm³/mol. The fourth-order valence-electron chi connectivity index (χ4n) is 2.12. The first-order valence-corrected chi connectivity index (χ1v) is 4.79. The molecule has 0 heterocycles. The molecule has 0 aromatic carbocycles. The Morgan fingerprint density at radius 3 is 2.27 bits per heavy atom. The highest BCUT2D eigenvalue weighted by Gasteiger charge is 2.27. The standard InChI is InChI=1S/C9H20N2/c1-3-11(4-2)9-7-5-6-8(9)10/h8-9H,3-7,10H2,1-2H3/t8-,9-/m1/s1. The fourth-order valence-corrected chi connectivity index (χ4v) is 2.12. The van der Waals surface area contributed by atoms with E-state index in [1.807, 2.05) is 0 Å². The summed E-state index contributed by atoms with van der Waals surface area (Å²) in [7, 11) is 0. The van der Waals surface area contributed by atoms with Crippen LogP contribution < -0.4 is 5.73 Å². The van der Waals surface area contributed by atoms with Crippen molar-refractivity contribution in [1.82, 2.24) is 4.90 Å². The molecule has 1 rings (SSSR count). The van der Waals surface area contributed by atoms with Crippen LogP contribution >= 0.6 is 0 Å². The summed E-state index contributed by atoms with van der Waals surface area (Å²) in [5, 5.41) is 0. The van der Waals surface area contributed by atoms with Crippen molar-refractivity contribution in [2.45, 2.75) is 45.2 Å². The minimum absolute atomic E-state index is 0.440. The summed E-state index contributed by atoms with van der Waals surface area (Å²) in [5.74, 6) is 0. The molecule has 2 nitrogen and oxygen atoms in total. The van der Waals surface area contributed by atoms with Crippen LogP contribution in [0.25, 0.3) is 0 Å². The highest BCUT2D eigenvalue weighted by molar-refractivity contribution is 4.87. The Labute approximate surface area is 69.8 Å². The average Bonchev–Trinajstić information content (AvgIpc) is 2.40. The van der Waals surface area contributed by atoms with Crippen LogP contribution in [-0.4, -0.2) is 30.1 Å². The Kier molecular flexibility index (Phi) is 3.34. The summed E-state index contributed by atoms with van der Waals surface area (Å²) in [6, 6.07) is 1.11. The second-order valence-electron chi connectivity index (χ2n) is 3.38. The zero-order valence-electron chi connectivity index (χ0n) is 7.71. The van der Waals surface area contributed by atoms with Crippen molar-refractivity contribution in [3.63, 3.8) is 0 Å². The Morgan fingerprint density at radius 2 is 1.91 bits per heavy atom. The Morgan fingerprint density at radius 1 is 1.27 bits per heavy atom. The van der Waals surface area contributed by atoms with E-state index in [4.69, 9.17) is 5.73 Å². The first kappa shape index (κ1) is 9.01. The van der Waals surface area contributed by atoms with Gasteiger partial charge in [-0.15, -0.1) is 0 Å². The number of hydrogen-bond acceptors (Lipinski definition) is 2. The van der Waals surface area contributed by atoms with Gasteiger partial charge in [-0.25, -0.2) is 0 Å². The quantitative estimate of drug-likeness (QED) is 0.665. The van der Waals surface area contributed by atoms with Gasteiger partial charge in [-0.05, 0) is 25.9 Å². The van der Waals surface area contributed by atoms with Crippen molar-refractivity contribution in [1.29, 1.82) is 0 Å². The lowest BCUT2D eigenvalue weighted by Crippen LogP contribution is -2.44. The molecule has 1 saturated carbocycles. The van der Waals surface area contributed by atoms with E-state index in [-0.39, 0.29) is 0 Å². The van der Waals surface area contributed by atoms with Gasteiger partial charge in [0.2, 0.25) is 0 Å². The maximum absolute atomic E-state index is 5.99. The molecule has 0 spiro atoms. The van der Waals surface area contributed by atoms with Gasteiger partial charge in [0.15, 0.2) is 0 Å². The van der Waals surface area contributed by atoms with Crippen molar-refractivity contribution in [3.8, 4) is 0 Å². The van der Waals surface area contributed by atoms with Gasteiger partial charge in [0.1, 0.15) is 0 Å². The summed E-state index contributed by atoms with van der Waals surface area (Å²) < 4.78 is 0. The Bertz CT molecular complexity index is 110. The molecule has 0 saturated heterocycles. The van der Waals surface area contributed by atoms with Crippen molar-refractivity contribution in [2.24, 2.45) is 5.73 Å². The molecule has 0 amide bonds. The van der Waals surface area contributed by atoms with E-state index >= 15 is 0 Å². The SMILES string of the molecule is CCN(CC)[C@@H]1CCC[C@H]1N. The summed E-state index contributed by atoms with van der Waals surface area (Å²) in [4.78, 5) is 2.48. The van der Waals surface area contributed by atoms with Crippen LogP contribution in [0.1, 0.15) is 33.1 Å². The third-order valence-electron chi connectivity index (χ3n) is 2.81. The molecular weight excluding hydrogens is 136 g/mol. The molecule has 0 radical (unpaired) electrons. The normalized spacial score (nSPS) is 31.6. The topological polar surface area (TPSA) is 29.3 Å². The number of rotatable bonds is 3. The molecule has 2 N–H and O–H groups in total. The van der Waals surface area contributed by atoms with Crippen molar-refractivity contribution >= 4 is 0 Å². The first-order valence-electron chi connectivity index (χ1n) is 4.79. The van der Waals surface area contributed by atoms with Gasteiger partial charge < -0.3 is 5.73 Å². The van der Waals surface area contributed by atoms with Crippen LogP contribution in [0.5, 0.6) is 0 Å². The second-order valence-corrected chi connectivity index (χ2v) is 3.38. The number of hydrogen-bond donors (Lipinski definition) is 1. The lowest BCUT2D eigenvalue weighted by atomic mass is 10.1. The Hall–Kier alpha value is -0.0800. The zero-order valence-corrected chi connectivity index (χ0v) is 7.71. The van der Waals surface area contributed by atoms with Crippen LogP contribution in [0.15, 0.2) is 0 Å². The van der Waals surface area contributed by atoms with Gasteiger partial charge in [0, 0.05) is 12.1 Å². The lowest BCUT2D eigenvalue weighted by molar-refractivity contribution is 0.205. The van der Waals surface area contributed by atoms with Crippen molar-refractivity contribution in [2.75, 3.05) is 13.1 Å². The van der Waals surface area contributed by atoms with E-state index in [1.54, 1.807) is 0 Å². The van der Waals surface area contributed by atoms with Gasteiger partial charge in [0.25, 0.3) is 0 Å². The molecule has 11 heavy (non-hydrogen) atoms. The lowest BCUT2D eigenvalue weighted by Gasteiger charge is -2.29. The largest absolute Gasteiger partial charge is 0.326 e. The molecule has 0 aromatic heterocycles. The van der Waals surface area contributed by atoms with E-state index < -0.39 is 0 Å². The van der Waals surface area contributed by atoms with Crippen molar-refractivity contribution < 1.29 is 0 Å². The van der Waals surface area contributed by atoms with E-state index in [0.29, 0.717) is 12.1 Å². The molecule has 0 aliphatic heterocycles. The predicted octanol–water partition coefficient (Wildman–Crippen LogP) is 1.21. The average molecular weight is 156 g/mol. The van der Waals surface area contributed by atoms with Crippen LogP contribution in [0, 0.1) is 0 Å². The molecule has 1 aliphatic carbocycles. The first-order chi connectivity index (χ1) is 5.29. The van der Waals surface area contributed by atoms with E-state index in [2.05, 4.69) is 18.7 Å². The van der Waals surface area contributed by atoms with Crippen LogP contribution in [-0.2, 0) is 0 Å². The molecular formula is C9H20N2. The van der Waals surface area contributed by atoms with E-state index in [0.717, 1.165) is 13.1 Å². The third kappa shape index (κ3) is 1.94. The van der Waals surface area contributed by atoms with Crippen LogP contribution in [0.4, 0.5) is 0 Å². The summed E-state index contributed by atoms with van der Waals surface area (Å²) >= 11 is 0. The van der Waals surface area contributed by atoms with Gasteiger partial charge in [0.05, 0.1) is 0 Å². The molecule has 1 aliphatic rings. The summed E-state index contributed by atoms with van der Waals surface area (Å²) in [5.41, 5.74) is 5.99. The second kappa shape index (κ2) is 4.07. The number of likely N-dealkylation sites (N-methyl/N-ethyl adjacent to an activating group) is 1. The van der Waals surface area contributed by atoms with Crippen LogP contribution in [0.3, 0.4) is 0 Å². The molecule has 0 unspecified atom stereocenters.